The Kier molecular flexibility index (Phi) is 3.94. The number of hydrogen-bond acceptors (Lipinski definition) is 3. The molecule has 0 heterocycles. The molecule has 3 heteroatoms. The second kappa shape index (κ2) is 5.83. The largest absolute Gasteiger partial charge is 0.423 e. The fourth-order valence-corrected chi connectivity index (χ4v) is 1.74. The van der Waals surface area contributed by atoms with Gasteiger partial charge in [-0.3, -0.25) is 0 Å². The van der Waals surface area contributed by atoms with Crippen molar-refractivity contribution in [3.63, 3.8) is 0 Å². The number of aryl methyl sites for hydroxylation is 1. The van der Waals surface area contributed by atoms with Gasteiger partial charge in [0.05, 0.1) is 17.2 Å². The molecule has 0 saturated carbocycles. The maximum absolute atomic E-state index is 12.0. The second-order valence-corrected chi connectivity index (χ2v) is 4.04. The third kappa shape index (κ3) is 2.99. The zero-order valence-electron chi connectivity index (χ0n) is 10.6. The van der Waals surface area contributed by atoms with Crippen molar-refractivity contribution in [2.45, 2.75) is 13.3 Å². The van der Waals surface area contributed by atoms with Crippen molar-refractivity contribution in [2.24, 2.45) is 0 Å². The van der Waals surface area contributed by atoms with E-state index in [-0.39, 0.29) is 0 Å². The molecule has 2 aromatic carbocycles. The fourth-order valence-electron chi connectivity index (χ4n) is 1.74. The average molecular weight is 251 g/mol. The van der Waals surface area contributed by atoms with Gasteiger partial charge in [-0.05, 0) is 42.3 Å². The van der Waals surface area contributed by atoms with Crippen molar-refractivity contribution < 1.29 is 9.53 Å². The summed E-state index contributed by atoms with van der Waals surface area (Å²) in [5.74, 6) is 0.171. The lowest BCUT2D eigenvalue weighted by Gasteiger charge is -2.08. The van der Waals surface area contributed by atoms with Gasteiger partial charge in [0.1, 0.15) is 5.75 Å². The highest BCUT2D eigenvalue weighted by atomic mass is 16.5. The van der Waals surface area contributed by atoms with Gasteiger partial charge in [0.15, 0.2) is 0 Å². The number of benzene rings is 2. The minimum absolute atomic E-state index is 0.412. The van der Waals surface area contributed by atoms with Crippen molar-refractivity contribution >= 4 is 5.97 Å². The van der Waals surface area contributed by atoms with Gasteiger partial charge >= 0.3 is 5.97 Å². The molecule has 2 rings (SSSR count). The summed E-state index contributed by atoms with van der Waals surface area (Å²) in [4.78, 5) is 12.0. The molecule has 0 N–H and O–H groups in total. The van der Waals surface area contributed by atoms with Crippen LogP contribution >= 0.6 is 0 Å². The van der Waals surface area contributed by atoms with Crippen LogP contribution in [0, 0.1) is 11.3 Å². The van der Waals surface area contributed by atoms with Crippen LogP contribution in [-0.4, -0.2) is 5.97 Å². The highest BCUT2D eigenvalue weighted by molar-refractivity contribution is 5.91. The van der Waals surface area contributed by atoms with E-state index < -0.39 is 5.97 Å². The maximum Gasteiger partial charge on any atom is 0.343 e. The lowest BCUT2D eigenvalue weighted by molar-refractivity contribution is 0.0733. The van der Waals surface area contributed by atoms with Gasteiger partial charge in [-0.15, -0.1) is 0 Å². The molecule has 0 aliphatic carbocycles. The predicted molar refractivity (Wildman–Crippen MR) is 71.9 cm³/mol. The van der Waals surface area contributed by atoms with Gasteiger partial charge < -0.3 is 4.74 Å². The smallest absolute Gasteiger partial charge is 0.343 e. The number of ether oxygens (including phenoxy) is 1. The molecule has 19 heavy (non-hydrogen) atoms. The molecule has 2 aromatic rings. The third-order valence-corrected chi connectivity index (χ3v) is 2.81. The monoisotopic (exact) mass is 251 g/mol. The van der Waals surface area contributed by atoms with Crippen LogP contribution in [0.1, 0.15) is 28.4 Å². The van der Waals surface area contributed by atoms with Crippen molar-refractivity contribution in [1.29, 1.82) is 5.26 Å². The highest BCUT2D eigenvalue weighted by Crippen LogP contribution is 2.19. The quantitative estimate of drug-likeness (QED) is 0.621. The van der Waals surface area contributed by atoms with Gasteiger partial charge in [-0.1, -0.05) is 25.1 Å². The van der Waals surface area contributed by atoms with Crippen LogP contribution in [0.2, 0.25) is 0 Å². The SMILES string of the molecule is CCc1ccccc1OC(=O)c1ccc(C#N)cc1. The second-order valence-electron chi connectivity index (χ2n) is 4.04. The van der Waals surface area contributed by atoms with Crippen molar-refractivity contribution in [3.8, 4) is 11.8 Å². The average Bonchev–Trinajstić information content (AvgIpc) is 2.48. The third-order valence-electron chi connectivity index (χ3n) is 2.81. The van der Waals surface area contributed by atoms with Gasteiger partial charge in [0, 0.05) is 0 Å². The van der Waals surface area contributed by atoms with Gasteiger partial charge in [-0.2, -0.15) is 5.26 Å². The van der Waals surface area contributed by atoms with Crippen LogP contribution in [0.3, 0.4) is 0 Å². The van der Waals surface area contributed by atoms with E-state index in [4.69, 9.17) is 10.00 Å². The zero-order valence-corrected chi connectivity index (χ0v) is 10.6. The number of nitrogens with zero attached hydrogens (tertiary/aromatic N) is 1. The summed E-state index contributed by atoms with van der Waals surface area (Å²) < 4.78 is 5.37. The zero-order chi connectivity index (χ0) is 13.7. The Hall–Kier alpha value is -2.60. The summed E-state index contributed by atoms with van der Waals surface area (Å²) in [6.07, 6.45) is 0.802. The minimum Gasteiger partial charge on any atom is -0.423 e. The summed E-state index contributed by atoms with van der Waals surface area (Å²) in [5, 5.41) is 8.70. The molecule has 3 nitrogen and oxygen atoms in total. The molecular formula is C16H13NO2. The van der Waals surface area contributed by atoms with Gasteiger partial charge in [-0.25, -0.2) is 4.79 Å². The van der Waals surface area contributed by atoms with E-state index in [9.17, 15) is 4.79 Å². The van der Waals surface area contributed by atoms with Crippen molar-refractivity contribution in [3.05, 3.63) is 65.2 Å². The standard InChI is InChI=1S/C16H13NO2/c1-2-13-5-3-4-6-15(13)19-16(18)14-9-7-12(11-17)8-10-14/h3-10H,2H2,1H3. The van der Waals surface area contributed by atoms with Crippen LogP contribution in [0.15, 0.2) is 48.5 Å². The summed E-state index contributed by atoms with van der Waals surface area (Å²) >= 11 is 0. The van der Waals surface area contributed by atoms with E-state index in [2.05, 4.69) is 0 Å². The first-order valence-electron chi connectivity index (χ1n) is 6.05. The molecule has 94 valence electrons. The number of nitriles is 1. The van der Waals surface area contributed by atoms with E-state index in [1.54, 1.807) is 30.3 Å². The van der Waals surface area contributed by atoms with Crippen LogP contribution in [0.5, 0.6) is 5.75 Å². The van der Waals surface area contributed by atoms with Crippen LogP contribution < -0.4 is 4.74 Å². The fraction of sp³-hybridized carbons (Fsp3) is 0.125. The molecule has 0 fully saturated rings. The Morgan fingerprint density at radius 1 is 1.16 bits per heavy atom. The normalized spacial score (nSPS) is 9.68. The molecule has 0 amide bonds. The lowest BCUT2D eigenvalue weighted by atomic mass is 10.1. The summed E-state index contributed by atoms with van der Waals surface area (Å²) in [6, 6.07) is 15.9. The van der Waals surface area contributed by atoms with Crippen LogP contribution in [-0.2, 0) is 6.42 Å². The Bertz CT molecular complexity index is 624. The first kappa shape index (κ1) is 12.8. The van der Waals surface area contributed by atoms with E-state index in [1.165, 1.54) is 0 Å². The van der Waals surface area contributed by atoms with E-state index in [0.717, 1.165) is 12.0 Å². The van der Waals surface area contributed by atoms with E-state index in [0.29, 0.717) is 16.9 Å². The number of esters is 1. The molecule has 0 aliphatic rings. The van der Waals surface area contributed by atoms with Gasteiger partial charge in [0.2, 0.25) is 0 Å². The Balaban J connectivity index is 2.18. The minimum atomic E-state index is -0.412. The summed E-state index contributed by atoms with van der Waals surface area (Å²) in [7, 11) is 0. The molecule has 0 saturated heterocycles. The Morgan fingerprint density at radius 2 is 1.84 bits per heavy atom. The topological polar surface area (TPSA) is 50.1 Å². The molecule has 0 spiro atoms. The summed E-state index contributed by atoms with van der Waals surface area (Å²) in [5.41, 5.74) is 1.94. The molecule has 0 atom stereocenters. The predicted octanol–water partition coefficient (Wildman–Crippen LogP) is 3.34. The number of carbonyl (C=O) groups excluding carboxylic acids is 1. The molecular weight excluding hydrogens is 238 g/mol. The van der Waals surface area contributed by atoms with Crippen LogP contribution in [0.25, 0.3) is 0 Å². The first-order chi connectivity index (χ1) is 9.24. The number of carbonyl (C=O) groups is 1. The molecule has 0 aliphatic heterocycles. The molecule has 0 aromatic heterocycles. The van der Waals surface area contributed by atoms with Crippen LogP contribution in [0.4, 0.5) is 0 Å². The molecule has 0 bridgehead atoms. The maximum atomic E-state index is 12.0. The Labute approximate surface area is 112 Å². The van der Waals surface area contributed by atoms with Crippen molar-refractivity contribution in [1.82, 2.24) is 0 Å². The Morgan fingerprint density at radius 3 is 2.47 bits per heavy atom. The van der Waals surface area contributed by atoms with E-state index in [1.807, 2.05) is 31.2 Å². The number of rotatable bonds is 3. The molecule has 0 radical (unpaired) electrons. The number of para-hydroxylation sites is 1. The van der Waals surface area contributed by atoms with Gasteiger partial charge in [0.25, 0.3) is 0 Å². The number of hydrogen-bond donors (Lipinski definition) is 0. The molecule has 0 unspecified atom stereocenters. The van der Waals surface area contributed by atoms with E-state index >= 15 is 0 Å². The highest BCUT2D eigenvalue weighted by Gasteiger charge is 2.10. The summed E-state index contributed by atoms with van der Waals surface area (Å²) in [6.45, 7) is 2.01. The van der Waals surface area contributed by atoms with Crippen molar-refractivity contribution in [2.75, 3.05) is 0 Å². The first-order valence-corrected chi connectivity index (χ1v) is 6.05. The lowest BCUT2D eigenvalue weighted by Crippen LogP contribution is -2.09.